The van der Waals surface area contributed by atoms with Gasteiger partial charge in [0.15, 0.2) is 0 Å². The Kier molecular flexibility index (Phi) is 4.78. The van der Waals surface area contributed by atoms with E-state index >= 15 is 0 Å². The number of nitrogens with one attached hydrogen (secondary N) is 2. The zero-order valence-corrected chi connectivity index (χ0v) is 12.6. The highest BCUT2D eigenvalue weighted by molar-refractivity contribution is 5.82. The largest absolute Gasteiger partial charge is 0.377 e. The summed E-state index contributed by atoms with van der Waals surface area (Å²) in [5.41, 5.74) is -0.251. The van der Waals surface area contributed by atoms with Crippen LogP contribution in [0.5, 0.6) is 0 Å². The van der Waals surface area contributed by atoms with E-state index in [0.29, 0.717) is 0 Å². The van der Waals surface area contributed by atoms with Crippen LogP contribution in [0.3, 0.4) is 0 Å². The van der Waals surface area contributed by atoms with Gasteiger partial charge < -0.3 is 10.1 Å². The summed E-state index contributed by atoms with van der Waals surface area (Å²) in [7, 11) is 0. The van der Waals surface area contributed by atoms with Gasteiger partial charge >= 0.3 is 0 Å². The lowest BCUT2D eigenvalue weighted by Crippen LogP contribution is -2.58. The standard InChI is InChI=1S/C14H28N2O2/c1-7-13(4,5)16-12(17)10(2)15-14(6)8-9-18-11(14)3/h10-11,15H,7-9H2,1-6H3,(H,16,17). The lowest BCUT2D eigenvalue weighted by Gasteiger charge is -2.34. The Morgan fingerprint density at radius 2 is 2.17 bits per heavy atom. The predicted molar refractivity (Wildman–Crippen MR) is 73.5 cm³/mol. The van der Waals surface area contributed by atoms with Crippen molar-refractivity contribution in [2.45, 2.75) is 77.6 Å². The van der Waals surface area contributed by atoms with Crippen LogP contribution in [0.2, 0.25) is 0 Å². The highest BCUT2D eigenvalue weighted by atomic mass is 16.5. The molecule has 4 heteroatoms. The summed E-state index contributed by atoms with van der Waals surface area (Å²) in [5, 5.41) is 6.48. The molecule has 0 aromatic carbocycles. The number of hydrogen-bond donors (Lipinski definition) is 2. The lowest BCUT2D eigenvalue weighted by molar-refractivity contribution is -0.125. The first-order valence-electron chi connectivity index (χ1n) is 6.91. The second kappa shape index (κ2) is 5.57. The Morgan fingerprint density at radius 1 is 1.56 bits per heavy atom. The monoisotopic (exact) mass is 256 g/mol. The topological polar surface area (TPSA) is 50.4 Å². The van der Waals surface area contributed by atoms with Gasteiger partial charge in [-0.2, -0.15) is 0 Å². The quantitative estimate of drug-likeness (QED) is 0.789. The molecule has 4 nitrogen and oxygen atoms in total. The van der Waals surface area contributed by atoms with Gasteiger partial charge in [0.05, 0.1) is 12.1 Å². The second-order valence-corrected chi connectivity index (χ2v) is 6.27. The van der Waals surface area contributed by atoms with E-state index in [-0.39, 0.29) is 29.1 Å². The van der Waals surface area contributed by atoms with Gasteiger partial charge in [0, 0.05) is 17.7 Å². The zero-order chi connectivity index (χ0) is 14.0. The van der Waals surface area contributed by atoms with Crippen molar-refractivity contribution in [2.24, 2.45) is 0 Å². The Morgan fingerprint density at radius 3 is 2.61 bits per heavy atom. The van der Waals surface area contributed by atoms with Crippen molar-refractivity contribution < 1.29 is 9.53 Å². The maximum Gasteiger partial charge on any atom is 0.237 e. The fourth-order valence-corrected chi connectivity index (χ4v) is 2.11. The predicted octanol–water partition coefficient (Wildman–Crippen LogP) is 1.84. The van der Waals surface area contributed by atoms with E-state index in [0.717, 1.165) is 19.4 Å². The van der Waals surface area contributed by atoms with Crippen LogP contribution in [0.25, 0.3) is 0 Å². The maximum atomic E-state index is 12.1. The third-order valence-electron chi connectivity index (χ3n) is 4.17. The van der Waals surface area contributed by atoms with E-state index < -0.39 is 0 Å². The van der Waals surface area contributed by atoms with Crippen LogP contribution >= 0.6 is 0 Å². The fourth-order valence-electron chi connectivity index (χ4n) is 2.11. The number of amides is 1. The maximum absolute atomic E-state index is 12.1. The van der Waals surface area contributed by atoms with E-state index in [9.17, 15) is 4.79 Å². The molecule has 3 atom stereocenters. The molecule has 0 aliphatic carbocycles. The van der Waals surface area contributed by atoms with E-state index in [1.807, 2.05) is 20.8 Å². The summed E-state index contributed by atoms with van der Waals surface area (Å²) in [6, 6.07) is -0.204. The molecule has 106 valence electrons. The van der Waals surface area contributed by atoms with E-state index in [1.165, 1.54) is 0 Å². The Hall–Kier alpha value is -0.610. The van der Waals surface area contributed by atoms with Crippen LogP contribution in [0, 0.1) is 0 Å². The summed E-state index contributed by atoms with van der Waals surface area (Å²) < 4.78 is 5.58. The first kappa shape index (κ1) is 15.4. The second-order valence-electron chi connectivity index (χ2n) is 6.27. The van der Waals surface area contributed by atoms with Gasteiger partial charge in [0.25, 0.3) is 0 Å². The van der Waals surface area contributed by atoms with Gasteiger partial charge in [-0.05, 0) is 47.5 Å². The van der Waals surface area contributed by atoms with Gasteiger partial charge in [0.2, 0.25) is 5.91 Å². The molecule has 1 amide bonds. The number of rotatable bonds is 5. The molecule has 1 fully saturated rings. The Labute approximate surface area is 111 Å². The van der Waals surface area contributed by atoms with Gasteiger partial charge in [-0.15, -0.1) is 0 Å². The Bertz CT molecular complexity index is 304. The average molecular weight is 256 g/mol. The van der Waals surface area contributed by atoms with Crippen molar-refractivity contribution in [3.05, 3.63) is 0 Å². The van der Waals surface area contributed by atoms with Crippen molar-refractivity contribution in [2.75, 3.05) is 6.61 Å². The molecule has 3 unspecified atom stereocenters. The summed E-state index contributed by atoms with van der Waals surface area (Å²) in [5.74, 6) is 0.0576. The Balaban J connectivity index is 2.55. The summed E-state index contributed by atoms with van der Waals surface area (Å²) >= 11 is 0. The van der Waals surface area contributed by atoms with Crippen LogP contribution in [0.1, 0.15) is 54.4 Å². The van der Waals surface area contributed by atoms with E-state index in [4.69, 9.17) is 4.74 Å². The molecule has 0 radical (unpaired) electrons. The molecule has 0 saturated carbocycles. The number of hydrogen-bond acceptors (Lipinski definition) is 3. The minimum Gasteiger partial charge on any atom is -0.377 e. The van der Waals surface area contributed by atoms with Gasteiger partial charge in [-0.25, -0.2) is 0 Å². The highest BCUT2D eigenvalue weighted by Crippen LogP contribution is 2.25. The molecule has 0 aromatic heterocycles. The number of carbonyl (C=O) groups is 1. The minimum atomic E-state index is -0.204. The lowest BCUT2D eigenvalue weighted by atomic mass is 9.93. The van der Waals surface area contributed by atoms with E-state index in [1.54, 1.807) is 0 Å². The smallest absolute Gasteiger partial charge is 0.237 e. The average Bonchev–Trinajstić information content (AvgIpc) is 2.58. The van der Waals surface area contributed by atoms with E-state index in [2.05, 4.69) is 31.4 Å². The molecule has 0 spiro atoms. The highest BCUT2D eigenvalue weighted by Gasteiger charge is 2.39. The first-order chi connectivity index (χ1) is 8.20. The van der Waals surface area contributed by atoms with Gasteiger partial charge in [0.1, 0.15) is 0 Å². The molecular formula is C14H28N2O2. The van der Waals surface area contributed by atoms with Crippen molar-refractivity contribution >= 4 is 5.91 Å². The first-order valence-corrected chi connectivity index (χ1v) is 6.91. The summed E-state index contributed by atoms with van der Waals surface area (Å²) in [6.07, 6.45) is 2.01. The van der Waals surface area contributed by atoms with Crippen LogP contribution in [0.15, 0.2) is 0 Å². The molecule has 1 aliphatic rings. The zero-order valence-electron chi connectivity index (χ0n) is 12.6. The molecule has 18 heavy (non-hydrogen) atoms. The summed E-state index contributed by atoms with van der Waals surface area (Å²) in [4.78, 5) is 12.1. The van der Waals surface area contributed by atoms with Gasteiger partial charge in [-0.3, -0.25) is 10.1 Å². The number of carbonyl (C=O) groups excluding carboxylic acids is 1. The summed E-state index contributed by atoms with van der Waals surface area (Å²) in [6.45, 7) is 13.0. The third-order valence-corrected chi connectivity index (χ3v) is 4.17. The van der Waals surface area contributed by atoms with Crippen LogP contribution in [-0.2, 0) is 9.53 Å². The van der Waals surface area contributed by atoms with Crippen molar-refractivity contribution in [1.29, 1.82) is 0 Å². The molecule has 0 bridgehead atoms. The molecule has 1 heterocycles. The van der Waals surface area contributed by atoms with Crippen LogP contribution in [-0.4, -0.2) is 35.7 Å². The normalized spacial score (nSPS) is 30.2. The van der Waals surface area contributed by atoms with Crippen molar-refractivity contribution in [1.82, 2.24) is 10.6 Å². The SMILES string of the molecule is CCC(C)(C)NC(=O)C(C)NC1(C)CCOC1C. The molecule has 1 aliphatic heterocycles. The van der Waals surface area contributed by atoms with Crippen LogP contribution in [0.4, 0.5) is 0 Å². The molecule has 1 saturated heterocycles. The number of ether oxygens (including phenoxy) is 1. The van der Waals surface area contributed by atoms with Crippen LogP contribution < -0.4 is 10.6 Å². The molecule has 0 aromatic rings. The van der Waals surface area contributed by atoms with Crippen molar-refractivity contribution in [3.8, 4) is 0 Å². The third kappa shape index (κ3) is 3.69. The van der Waals surface area contributed by atoms with Crippen molar-refractivity contribution in [3.63, 3.8) is 0 Å². The molecular weight excluding hydrogens is 228 g/mol. The minimum absolute atomic E-state index is 0.0576. The van der Waals surface area contributed by atoms with Gasteiger partial charge in [-0.1, -0.05) is 6.92 Å². The fraction of sp³-hybridized carbons (Fsp3) is 0.929. The molecule has 2 N–H and O–H groups in total. The molecule has 1 rings (SSSR count).